The molecule has 0 saturated heterocycles. The molecule has 0 atom stereocenters. The second kappa shape index (κ2) is 23.8. The summed E-state index contributed by atoms with van der Waals surface area (Å²) in [5.41, 5.74) is 1.81. The number of H-pyrrole nitrogens is 6. The molecule has 0 saturated carbocycles. The van der Waals surface area contributed by atoms with Crippen molar-refractivity contribution in [3.63, 3.8) is 0 Å². The van der Waals surface area contributed by atoms with Gasteiger partial charge in [-0.1, -0.05) is 119 Å². The molecule has 0 aliphatic heterocycles. The number of aromatic amines is 6. The van der Waals surface area contributed by atoms with Crippen LogP contribution in [0.25, 0.3) is 12.2 Å². The minimum atomic E-state index is -5.18. The van der Waals surface area contributed by atoms with Crippen LogP contribution in [0.3, 0.4) is 0 Å². The Balaban J connectivity index is 0.00000402. The van der Waals surface area contributed by atoms with Crippen molar-refractivity contribution in [1.82, 2.24) is 29.9 Å². The standard InChI is InChI=1S/C44H32Cl4N12O6S2.2Na/c45-29-9-1-5-13-33(29)51-41-55-39(56-42(59-41)52-34-14-6-2-10-30(34)46)49-27-21-19-25(37(23-27)67(61,62)63)17-18-26-20-22-28(24-38(26)68(64,65)66)50-40-57-43(53-35-15-7-3-11-31(35)47)60-44(58-40)54-36-16-8-4-12-32(36)48;;/h1-24H,(H,61,62,63)(H,64,65,66)(H3,49,51,52,55,56,59)(H3,50,53,54,57,58,60);;/q;2*+1/p-2/b18-17+;;. The third-order valence-corrected chi connectivity index (χ3v) is 12.3. The summed E-state index contributed by atoms with van der Waals surface area (Å²) in [6.45, 7) is 0. The molecule has 0 bridgehead atoms. The summed E-state index contributed by atoms with van der Waals surface area (Å²) in [7, 11) is -10.4. The van der Waals surface area contributed by atoms with E-state index in [1.165, 1.54) is 36.4 Å². The summed E-state index contributed by atoms with van der Waals surface area (Å²) in [5.74, 6) is 0. The zero-order valence-corrected chi connectivity index (χ0v) is 45.0. The molecular weight excluding hydrogens is 1040 g/mol. The average Bonchev–Trinajstić information content (AvgIpc) is 3.29. The Kier molecular flexibility index (Phi) is 18.5. The SMILES string of the molecule is O=S(=O)([O-])c1cc(N=c2[nH]c(=Nc3ccccc3Cl)[nH]c(=Nc3ccccc3Cl)[nH]2)ccc1/C=C/c1ccc(N=c2[nH]c(=Nc3ccccc3Cl)[nH]c(=Nc3ccccc3Cl)[nH]2)cc1S(=O)(=O)[O-].[Na+].[Na+]. The third-order valence-electron chi connectivity index (χ3n) is 9.22. The number of benzene rings is 6. The fraction of sp³-hybridized carbons (Fsp3) is 0. The van der Waals surface area contributed by atoms with Crippen molar-refractivity contribution in [2.75, 3.05) is 0 Å². The van der Waals surface area contributed by atoms with Crippen LogP contribution >= 0.6 is 46.4 Å². The van der Waals surface area contributed by atoms with Gasteiger partial charge in [0.25, 0.3) is 0 Å². The molecule has 8 rings (SSSR count). The van der Waals surface area contributed by atoms with Crippen molar-refractivity contribution in [2.45, 2.75) is 9.79 Å². The van der Waals surface area contributed by atoms with Gasteiger partial charge in [-0.05, 0) is 83.9 Å². The zero-order chi connectivity index (χ0) is 48.0. The Labute approximate surface area is 461 Å². The number of rotatable bonds is 10. The molecule has 6 aromatic carbocycles. The topological polar surface area (TPSA) is 283 Å². The minimum Gasteiger partial charge on any atom is -0.744 e. The monoisotopic (exact) mass is 1070 g/mol. The van der Waals surface area contributed by atoms with Gasteiger partial charge in [-0.15, -0.1) is 0 Å². The summed E-state index contributed by atoms with van der Waals surface area (Å²) in [4.78, 5) is 43.3. The largest absolute Gasteiger partial charge is 1.00 e. The molecule has 0 spiro atoms. The van der Waals surface area contributed by atoms with E-state index < -0.39 is 30.0 Å². The van der Waals surface area contributed by atoms with Gasteiger partial charge in [-0.25, -0.2) is 46.8 Å². The Morgan fingerprint density at radius 1 is 0.371 bits per heavy atom. The molecule has 2 heterocycles. The first kappa shape index (κ1) is 54.2. The van der Waals surface area contributed by atoms with Crippen molar-refractivity contribution < 1.29 is 85.1 Å². The second-order valence-corrected chi connectivity index (χ2v) is 18.3. The molecule has 0 radical (unpaired) electrons. The number of para-hydroxylation sites is 4. The van der Waals surface area contributed by atoms with E-state index in [4.69, 9.17) is 46.4 Å². The van der Waals surface area contributed by atoms with Crippen LogP contribution < -0.4 is 92.8 Å². The number of nitrogens with one attached hydrogen (secondary N) is 6. The second-order valence-electron chi connectivity index (χ2n) is 14.0. The predicted molar refractivity (Wildman–Crippen MR) is 254 cm³/mol. The van der Waals surface area contributed by atoms with Gasteiger partial charge in [0, 0.05) is 0 Å². The van der Waals surface area contributed by atoms with E-state index in [9.17, 15) is 25.9 Å². The fourth-order valence-electron chi connectivity index (χ4n) is 6.18. The van der Waals surface area contributed by atoms with Crippen LogP contribution in [0.15, 0.2) is 173 Å². The maximum Gasteiger partial charge on any atom is 1.00 e. The van der Waals surface area contributed by atoms with E-state index in [1.54, 1.807) is 97.1 Å². The molecule has 0 unspecified atom stereocenters. The van der Waals surface area contributed by atoms with Gasteiger partial charge in [0.15, 0.2) is 0 Å². The van der Waals surface area contributed by atoms with E-state index in [0.29, 0.717) is 42.8 Å². The zero-order valence-electron chi connectivity index (χ0n) is 36.3. The smallest absolute Gasteiger partial charge is 0.744 e. The summed E-state index contributed by atoms with van der Waals surface area (Å²) in [5, 5.41) is 1.39. The van der Waals surface area contributed by atoms with Gasteiger partial charge in [0.1, 0.15) is 20.2 Å². The predicted octanol–water partition coefficient (Wildman–Crippen LogP) is 1.65. The first-order chi connectivity index (χ1) is 32.5. The van der Waals surface area contributed by atoms with Crippen LogP contribution in [-0.2, 0) is 20.2 Å². The number of hydrogen-bond donors (Lipinski definition) is 6. The van der Waals surface area contributed by atoms with Gasteiger partial charge < -0.3 is 9.11 Å². The molecule has 18 nitrogen and oxygen atoms in total. The summed E-state index contributed by atoms with van der Waals surface area (Å²) < 4.78 is 76.1. The molecule has 26 heteroatoms. The molecule has 344 valence electrons. The number of nitrogens with zero attached hydrogens (tertiary/aromatic N) is 6. The van der Waals surface area contributed by atoms with Crippen LogP contribution in [0.2, 0.25) is 20.1 Å². The van der Waals surface area contributed by atoms with Crippen molar-refractivity contribution in [3.8, 4) is 0 Å². The molecule has 6 N–H and O–H groups in total. The minimum absolute atomic E-state index is 0. The summed E-state index contributed by atoms with van der Waals surface area (Å²) in [6.07, 6.45) is 2.34. The molecule has 70 heavy (non-hydrogen) atoms. The van der Waals surface area contributed by atoms with E-state index in [2.05, 4.69) is 59.9 Å². The maximum atomic E-state index is 12.7. The Morgan fingerprint density at radius 2 is 0.614 bits per heavy atom. The molecule has 0 aliphatic carbocycles. The molecule has 2 aromatic heterocycles. The third kappa shape index (κ3) is 14.3. The molecular formula is C44H30Cl4N12Na2O6S2. The van der Waals surface area contributed by atoms with E-state index >= 15 is 0 Å². The molecule has 8 aromatic rings. The maximum absolute atomic E-state index is 12.7. The van der Waals surface area contributed by atoms with Gasteiger partial charge in [0.05, 0.1) is 64.0 Å². The van der Waals surface area contributed by atoms with Gasteiger partial charge >= 0.3 is 59.1 Å². The number of aromatic nitrogens is 6. The van der Waals surface area contributed by atoms with Crippen LogP contribution in [0.1, 0.15) is 11.1 Å². The number of halogens is 4. The molecule has 0 amide bonds. The van der Waals surface area contributed by atoms with E-state index in [0.717, 1.165) is 12.1 Å². The molecule has 0 fully saturated rings. The first-order valence-corrected chi connectivity index (χ1v) is 23.9. The Bertz CT molecular complexity index is 3570. The molecule has 0 aliphatic rings. The normalized spacial score (nSPS) is 12.7. The number of hydrogen-bond acceptors (Lipinski definition) is 12. The fourth-order valence-corrected chi connectivity index (χ4v) is 8.27. The van der Waals surface area contributed by atoms with Crippen molar-refractivity contribution in [1.29, 1.82) is 0 Å². The van der Waals surface area contributed by atoms with Gasteiger partial charge in [0.2, 0.25) is 33.7 Å². The van der Waals surface area contributed by atoms with Crippen molar-refractivity contribution >= 4 is 113 Å². The van der Waals surface area contributed by atoms with Crippen LogP contribution in [-0.4, -0.2) is 55.8 Å². The summed E-state index contributed by atoms with van der Waals surface area (Å²) in [6, 6.07) is 34.6. The Hall–Kier alpha value is -5.14. The van der Waals surface area contributed by atoms with Gasteiger partial charge in [-0.3, -0.25) is 29.9 Å². The quantitative estimate of drug-likeness (QED) is 0.0673. The van der Waals surface area contributed by atoms with Crippen molar-refractivity contribution in [2.24, 2.45) is 30.0 Å². The van der Waals surface area contributed by atoms with Gasteiger partial charge in [-0.2, -0.15) is 0 Å². The summed E-state index contributed by atoms with van der Waals surface area (Å²) >= 11 is 25.4. The van der Waals surface area contributed by atoms with Crippen LogP contribution in [0, 0.1) is 0 Å². The van der Waals surface area contributed by atoms with E-state index in [1.807, 2.05) is 0 Å². The first-order valence-electron chi connectivity index (χ1n) is 19.5. The van der Waals surface area contributed by atoms with Crippen molar-refractivity contribution in [3.05, 3.63) is 198 Å². The van der Waals surface area contributed by atoms with E-state index in [-0.39, 0.29) is 115 Å². The van der Waals surface area contributed by atoms with Crippen LogP contribution in [0.4, 0.5) is 34.1 Å². The van der Waals surface area contributed by atoms with Crippen LogP contribution in [0.5, 0.6) is 0 Å². The average molecular weight is 1070 g/mol. The Morgan fingerprint density at radius 3 is 0.857 bits per heavy atom.